The second-order valence-corrected chi connectivity index (χ2v) is 10.4. The fourth-order valence-corrected chi connectivity index (χ4v) is 4.85. The third-order valence-corrected chi connectivity index (χ3v) is 6.61. The average molecular weight is 492 g/mol. The normalized spacial score (nSPS) is 19.5. The van der Waals surface area contributed by atoms with Crippen molar-refractivity contribution in [3.8, 4) is 11.5 Å². The Morgan fingerprint density at radius 1 is 1.03 bits per heavy atom. The molecule has 0 radical (unpaired) electrons. The topological polar surface area (TPSA) is 105 Å². The molecule has 1 unspecified atom stereocenters. The predicted octanol–water partition coefficient (Wildman–Crippen LogP) is 3.53. The van der Waals surface area contributed by atoms with E-state index < -0.39 is 17.6 Å². The number of hydrogen-bond acceptors (Lipinski definition) is 6. The van der Waals surface area contributed by atoms with Crippen molar-refractivity contribution in [2.75, 3.05) is 6.54 Å². The number of imide groups is 1. The molecular formula is C27H29N3O6. The van der Waals surface area contributed by atoms with Crippen LogP contribution in [0, 0.1) is 0 Å². The van der Waals surface area contributed by atoms with Crippen molar-refractivity contribution in [2.45, 2.75) is 64.8 Å². The summed E-state index contributed by atoms with van der Waals surface area (Å²) in [7, 11) is 0. The Kier molecular flexibility index (Phi) is 5.94. The highest BCUT2D eigenvalue weighted by Crippen LogP contribution is 2.36. The van der Waals surface area contributed by atoms with Gasteiger partial charge in [0.2, 0.25) is 11.8 Å². The van der Waals surface area contributed by atoms with Crippen LogP contribution in [0.25, 0.3) is 0 Å². The zero-order valence-electron chi connectivity index (χ0n) is 20.6. The number of carbonyl (C=O) groups excluding carboxylic acids is 4. The fraction of sp³-hybridized carbons (Fsp3) is 0.407. The zero-order chi connectivity index (χ0) is 25.6. The fourth-order valence-electron chi connectivity index (χ4n) is 4.85. The number of ether oxygens (including phenoxy) is 2. The van der Waals surface area contributed by atoms with Crippen LogP contribution in [-0.2, 0) is 33.8 Å². The molecule has 0 bridgehead atoms. The molecule has 2 aromatic rings. The average Bonchev–Trinajstić information content (AvgIpc) is 3.15. The summed E-state index contributed by atoms with van der Waals surface area (Å²) in [6.45, 7) is 6.83. The zero-order valence-corrected chi connectivity index (χ0v) is 20.6. The lowest BCUT2D eigenvalue weighted by Gasteiger charge is -2.31. The molecule has 1 saturated heterocycles. The van der Waals surface area contributed by atoms with E-state index in [0.717, 1.165) is 16.7 Å². The minimum atomic E-state index is -0.674. The number of benzene rings is 2. The number of nitrogens with zero attached hydrogens (tertiary/aromatic N) is 2. The maximum absolute atomic E-state index is 13.1. The van der Waals surface area contributed by atoms with E-state index in [2.05, 4.69) is 5.32 Å². The maximum atomic E-state index is 13.1. The molecule has 1 fully saturated rings. The molecule has 3 aliphatic rings. The van der Waals surface area contributed by atoms with E-state index in [0.29, 0.717) is 43.0 Å². The van der Waals surface area contributed by atoms with Crippen molar-refractivity contribution in [1.82, 2.24) is 15.1 Å². The third-order valence-electron chi connectivity index (χ3n) is 6.61. The molecule has 9 heteroatoms. The number of rotatable bonds is 3. The van der Waals surface area contributed by atoms with E-state index in [9.17, 15) is 19.2 Å². The van der Waals surface area contributed by atoms with Crippen LogP contribution >= 0.6 is 0 Å². The predicted molar refractivity (Wildman–Crippen MR) is 129 cm³/mol. The van der Waals surface area contributed by atoms with Crippen LogP contribution in [0.15, 0.2) is 36.4 Å². The van der Waals surface area contributed by atoms with Gasteiger partial charge in [-0.25, -0.2) is 4.79 Å². The Balaban J connectivity index is 1.31. The second-order valence-electron chi connectivity index (χ2n) is 10.4. The Morgan fingerprint density at radius 2 is 1.83 bits per heavy atom. The van der Waals surface area contributed by atoms with Gasteiger partial charge in [0.05, 0.1) is 6.54 Å². The van der Waals surface area contributed by atoms with E-state index in [1.165, 1.54) is 4.90 Å². The molecule has 4 amide bonds. The standard InChI is InChI=1S/C27H29N3O6/c1-27(2,3)36-26(34)29-12-11-16-13-18(8-7-17(16)14-29)35-22-6-4-5-19-20(22)15-30(25(19)33)21-9-10-23(31)28-24(21)32/h4-8,13,21H,9-12,14-15H2,1-3H3,(H,28,31,32). The van der Waals surface area contributed by atoms with Gasteiger partial charge < -0.3 is 19.3 Å². The van der Waals surface area contributed by atoms with Crippen molar-refractivity contribution < 1.29 is 28.7 Å². The summed E-state index contributed by atoms with van der Waals surface area (Å²) in [5, 5.41) is 2.32. The van der Waals surface area contributed by atoms with E-state index in [1.54, 1.807) is 17.0 Å². The van der Waals surface area contributed by atoms with Crippen LogP contribution < -0.4 is 10.1 Å². The SMILES string of the molecule is CC(C)(C)OC(=O)N1CCc2cc(Oc3cccc4c3CN(C3CCC(=O)NC3=O)C4=O)ccc2C1. The first-order chi connectivity index (χ1) is 17.1. The maximum Gasteiger partial charge on any atom is 0.410 e. The van der Waals surface area contributed by atoms with Crippen LogP contribution in [-0.4, -0.2) is 51.8 Å². The number of nitrogens with one attached hydrogen (secondary N) is 1. The molecule has 0 aliphatic carbocycles. The highest BCUT2D eigenvalue weighted by molar-refractivity contribution is 6.05. The number of carbonyl (C=O) groups is 4. The van der Waals surface area contributed by atoms with E-state index in [4.69, 9.17) is 9.47 Å². The second kappa shape index (κ2) is 8.96. The molecule has 188 valence electrons. The first kappa shape index (κ1) is 23.8. The minimum absolute atomic E-state index is 0.209. The van der Waals surface area contributed by atoms with Gasteiger partial charge in [0.1, 0.15) is 23.1 Å². The van der Waals surface area contributed by atoms with Gasteiger partial charge in [-0.15, -0.1) is 0 Å². The van der Waals surface area contributed by atoms with Crippen molar-refractivity contribution in [1.29, 1.82) is 0 Å². The lowest BCUT2D eigenvalue weighted by molar-refractivity contribution is -0.136. The largest absolute Gasteiger partial charge is 0.457 e. The number of piperidine rings is 1. The molecule has 5 rings (SSSR count). The van der Waals surface area contributed by atoms with E-state index in [1.807, 2.05) is 45.0 Å². The molecule has 2 aromatic carbocycles. The van der Waals surface area contributed by atoms with Gasteiger partial charge in [-0.3, -0.25) is 19.7 Å². The Bertz CT molecular complexity index is 1260. The summed E-state index contributed by atoms with van der Waals surface area (Å²) in [6.07, 6.45) is 0.880. The van der Waals surface area contributed by atoms with Crippen molar-refractivity contribution in [3.05, 3.63) is 58.7 Å². The molecule has 3 aliphatic heterocycles. The Hall–Kier alpha value is -3.88. The molecular weight excluding hydrogens is 462 g/mol. The molecule has 1 N–H and O–H groups in total. The molecule has 36 heavy (non-hydrogen) atoms. The summed E-state index contributed by atoms with van der Waals surface area (Å²) < 4.78 is 11.7. The quantitative estimate of drug-likeness (QED) is 0.659. The van der Waals surface area contributed by atoms with Gasteiger partial charge in [-0.2, -0.15) is 0 Å². The lowest BCUT2D eigenvalue weighted by atomic mass is 9.99. The van der Waals surface area contributed by atoms with Crippen molar-refractivity contribution in [2.24, 2.45) is 0 Å². The molecule has 0 saturated carbocycles. The molecule has 3 heterocycles. The monoisotopic (exact) mass is 491 g/mol. The summed E-state index contributed by atoms with van der Waals surface area (Å²) >= 11 is 0. The van der Waals surface area contributed by atoms with Crippen LogP contribution in [0.4, 0.5) is 4.79 Å². The van der Waals surface area contributed by atoms with Crippen molar-refractivity contribution >= 4 is 23.8 Å². The van der Waals surface area contributed by atoms with E-state index in [-0.39, 0.29) is 30.9 Å². The summed E-state index contributed by atoms with van der Waals surface area (Å²) in [5.74, 6) is 0.204. The van der Waals surface area contributed by atoms with Gasteiger partial charge in [-0.05, 0) is 69.0 Å². The first-order valence-electron chi connectivity index (χ1n) is 12.1. The van der Waals surface area contributed by atoms with Crippen molar-refractivity contribution in [3.63, 3.8) is 0 Å². The minimum Gasteiger partial charge on any atom is -0.457 e. The highest BCUT2D eigenvalue weighted by Gasteiger charge is 2.40. The number of fused-ring (bicyclic) bond motifs is 2. The van der Waals surface area contributed by atoms with Gasteiger partial charge >= 0.3 is 6.09 Å². The van der Waals surface area contributed by atoms with Gasteiger partial charge in [0.25, 0.3) is 5.91 Å². The summed E-state index contributed by atoms with van der Waals surface area (Å²) in [4.78, 5) is 52.6. The van der Waals surface area contributed by atoms with Gasteiger partial charge in [0, 0.05) is 30.6 Å². The third kappa shape index (κ3) is 4.65. The Labute approximate surface area is 209 Å². The lowest BCUT2D eigenvalue weighted by Crippen LogP contribution is -2.52. The number of amides is 4. The first-order valence-corrected chi connectivity index (χ1v) is 12.1. The van der Waals surface area contributed by atoms with E-state index >= 15 is 0 Å². The van der Waals surface area contributed by atoms with Gasteiger partial charge in [-0.1, -0.05) is 12.1 Å². The summed E-state index contributed by atoms with van der Waals surface area (Å²) in [6, 6.07) is 10.4. The number of hydrogen-bond donors (Lipinski definition) is 1. The Morgan fingerprint density at radius 3 is 2.58 bits per heavy atom. The molecule has 9 nitrogen and oxygen atoms in total. The van der Waals surface area contributed by atoms with Gasteiger partial charge in [0.15, 0.2) is 0 Å². The molecule has 0 spiro atoms. The van der Waals surface area contributed by atoms with Crippen LogP contribution in [0.3, 0.4) is 0 Å². The molecule has 1 atom stereocenters. The van der Waals surface area contributed by atoms with Crippen LogP contribution in [0.1, 0.15) is 60.7 Å². The highest BCUT2D eigenvalue weighted by atomic mass is 16.6. The molecule has 0 aromatic heterocycles. The smallest absolute Gasteiger partial charge is 0.410 e. The van der Waals surface area contributed by atoms with Crippen LogP contribution in [0.5, 0.6) is 11.5 Å². The van der Waals surface area contributed by atoms with Crippen LogP contribution in [0.2, 0.25) is 0 Å². The summed E-state index contributed by atoms with van der Waals surface area (Å²) in [5.41, 5.74) is 2.82.